The molecule has 2 aromatic rings. The van der Waals surface area contributed by atoms with E-state index < -0.39 is 5.97 Å². The third-order valence-electron chi connectivity index (χ3n) is 4.60. The highest BCUT2D eigenvalue weighted by atomic mass is 16.4. The molecule has 0 saturated carbocycles. The Hall–Kier alpha value is -2.95. The molecule has 134 valence electrons. The standard InChI is InChI=1S/C21H22N2O3/c24-20(19-15-17(21(25)26)12-13-22-19)23-14-6-2-5-9-18(23)11-10-16-7-3-1-4-8-16/h1,3-4,7-8,10-13,15,18H,2,5-6,9,14H2,(H,25,26)/b11-10+. The molecule has 1 unspecified atom stereocenters. The number of aromatic carboxylic acids is 1. The zero-order valence-electron chi connectivity index (χ0n) is 14.5. The third-order valence-corrected chi connectivity index (χ3v) is 4.60. The van der Waals surface area contributed by atoms with Gasteiger partial charge < -0.3 is 10.0 Å². The second-order valence-corrected chi connectivity index (χ2v) is 6.42. The SMILES string of the molecule is O=C(O)c1ccnc(C(=O)N2CCCCCC2/C=C/c2ccccc2)c1. The molecular formula is C21H22N2O3. The van der Waals surface area contributed by atoms with Crippen molar-refractivity contribution in [3.63, 3.8) is 0 Å². The lowest BCUT2D eigenvalue weighted by molar-refractivity contribution is 0.0696. The van der Waals surface area contributed by atoms with Gasteiger partial charge in [0.2, 0.25) is 0 Å². The van der Waals surface area contributed by atoms with Gasteiger partial charge in [0, 0.05) is 12.7 Å². The predicted octanol–water partition coefficient (Wildman–Crippen LogP) is 3.88. The molecule has 1 N–H and O–H groups in total. The molecule has 0 spiro atoms. The van der Waals surface area contributed by atoms with Gasteiger partial charge in [-0.3, -0.25) is 9.78 Å². The van der Waals surface area contributed by atoms with Gasteiger partial charge in [-0.1, -0.05) is 55.3 Å². The average molecular weight is 350 g/mol. The Labute approximate surface area is 153 Å². The van der Waals surface area contributed by atoms with Crippen molar-refractivity contribution in [1.29, 1.82) is 0 Å². The molecule has 26 heavy (non-hydrogen) atoms. The number of carboxylic acids is 1. The highest BCUT2D eigenvalue weighted by molar-refractivity contribution is 5.96. The van der Waals surface area contributed by atoms with Gasteiger partial charge in [0.25, 0.3) is 5.91 Å². The Morgan fingerprint density at radius 3 is 2.69 bits per heavy atom. The summed E-state index contributed by atoms with van der Waals surface area (Å²) in [5.41, 5.74) is 1.36. The van der Waals surface area contributed by atoms with Crippen LogP contribution in [0.3, 0.4) is 0 Å². The number of rotatable bonds is 4. The first-order chi connectivity index (χ1) is 12.6. The second-order valence-electron chi connectivity index (χ2n) is 6.42. The molecule has 1 amide bonds. The minimum Gasteiger partial charge on any atom is -0.478 e. The monoisotopic (exact) mass is 350 g/mol. The van der Waals surface area contributed by atoms with Gasteiger partial charge >= 0.3 is 5.97 Å². The molecule has 1 fully saturated rings. The maximum Gasteiger partial charge on any atom is 0.335 e. The van der Waals surface area contributed by atoms with Crippen LogP contribution in [-0.2, 0) is 0 Å². The molecule has 1 aliphatic heterocycles. The van der Waals surface area contributed by atoms with E-state index in [-0.39, 0.29) is 23.2 Å². The van der Waals surface area contributed by atoms with Crippen LogP contribution >= 0.6 is 0 Å². The number of carbonyl (C=O) groups excluding carboxylic acids is 1. The van der Waals surface area contributed by atoms with E-state index >= 15 is 0 Å². The van der Waals surface area contributed by atoms with Crippen molar-refractivity contribution >= 4 is 18.0 Å². The molecule has 1 aromatic heterocycles. The van der Waals surface area contributed by atoms with Crippen molar-refractivity contribution in [1.82, 2.24) is 9.88 Å². The molecule has 1 aromatic carbocycles. The van der Waals surface area contributed by atoms with E-state index in [1.807, 2.05) is 41.3 Å². The van der Waals surface area contributed by atoms with Gasteiger partial charge in [-0.05, 0) is 30.5 Å². The number of nitrogens with zero attached hydrogens (tertiary/aromatic N) is 2. The van der Waals surface area contributed by atoms with E-state index in [1.54, 1.807) is 0 Å². The van der Waals surface area contributed by atoms with Gasteiger partial charge in [-0.15, -0.1) is 0 Å². The maximum absolute atomic E-state index is 13.0. The molecule has 0 aliphatic carbocycles. The lowest BCUT2D eigenvalue weighted by Gasteiger charge is -2.27. The highest BCUT2D eigenvalue weighted by Gasteiger charge is 2.26. The Morgan fingerprint density at radius 1 is 1.12 bits per heavy atom. The fraction of sp³-hybridized carbons (Fsp3) is 0.286. The average Bonchev–Trinajstić information content (AvgIpc) is 2.92. The van der Waals surface area contributed by atoms with Gasteiger partial charge in [-0.2, -0.15) is 0 Å². The summed E-state index contributed by atoms with van der Waals surface area (Å²) < 4.78 is 0. The van der Waals surface area contributed by atoms with E-state index in [0.717, 1.165) is 31.2 Å². The van der Waals surface area contributed by atoms with Crippen LogP contribution in [0.4, 0.5) is 0 Å². The van der Waals surface area contributed by atoms with Crippen molar-refractivity contribution in [3.05, 3.63) is 71.6 Å². The highest BCUT2D eigenvalue weighted by Crippen LogP contribution is 2.21. The minimum absolute atomic E-state index is 0.0134. The maximum atomic E-state index is 13.0. The van der Waals surface area contributed by atoms with Crippen LogP contribution in [0, 0.1) is 0 Å². The van der Waals surface area contributed by atoms with Crippen LogP contribution in [0.15, 0.2) is 54.7 Å². The fourth-order valence-electron chi connectivity index (χ4n) is 3.20. The summed E-state index contributed by atoms with van der Waals surface area (Å²) in [4.78, 5) is 30.1. The molecular weight excluding hydrogens is 328 g/mol. The number of carboxylic acid groups (broad SMARTS) is 1. The van der Waals surface area contributed by atoms with E-state index in [4.69, 9.17) is 5.11 Å². The second kappa shape index (κ2) is 8.43. The third kappa shape index (κ3) is 4.36. The molecule has 5 nitrogen and oxygen atoms in total. The van der Waals surface area contributed by atoms with Crippen molar-refractivity contribution < 1.29 is 14.7 Å². The molecule has 1 saturated heterocycles. The van der Waals surface area contributed by atoms with Crippen molar-refractivity contribution in [2.24, 2.45) is 0 Å². The topological polar surface area (TPSA) is 70.5 Å². The van der Waals surface area contributed by atoms with Crippen LogP contribution in [-0.4, -0.2) is 39.5 Å². The number of hydrogen-bond acceptors (Lipinski definition) is 3. The zero-order valence-corrected chi connectivity index (χ0v) is 14.5. The van der Waals surface area contributed by atoms with Crippen molar-refractivity contribution in [2.45, 2.75) is 31.7 Å². The largest absolute Gasteiger partial charge is 0.478 e. The molecule has 5 heteroatoms. The Kier molecular flexibility index (Phi) is 5.79. The van der Waals surface area contributed by atoms with Crippen LogP contribution < -0.4 is 0 Å². The molecule has 1 aliphatic rings. The minimum atomic E-state index is -1.06. The first-order valence-corrected chi connectivity index (χ1v) is 8.89. The smallest absolute Gasteiger partial charge is 0.335 e. The van der Waals surface area contributed by atoms with Gasteiger partial charge in [0.05, 0.1) is 11.6 Å². The summed E-state index contributed by atoms with van der Waals surface area (Å²) in [6.07, 6.45) is 9.48. The van der Waals surface area contributed by atoms with Crippen LogP contribution in [0.2, 0.25) is 0 Å². The van der Waals surface area contributed by atoms with Gasteiger partial charge in [0.1, 0.15) is 5.69 Å². The Balaban J connectivity index is 1.84. The van der Waals surface area contributed by atoms with Crippen LogP contribution in [0.5, 0.6) is 0 Å². The number of likely N-dealkylation sites (tertiary alicyclic amines) is 1. The number of benzene rings is 1. The Bertz CT molecular complexity index is 802. The molecule has 3 rings (SSSR count). The van der Waals surface area contributed by atoms with Gasteiger partial charge in [0.15, 0.2) is 0 Å². The summed E-state index contributed by atoms with van der Waals surface area (Å²) in [5, 5.41) is 9.14. The van der Waals surface area contributed by atoms with Crippen LogP contribution in [0.25, 0.3) is 6.08 Å². The Morgan fingerprint density at radius 2 is 1.92 bits per heavy atom. The first-order valence-electron chi connectivity index (χ1n) is 8.89. The lowest BCUT2D eigenvalue weighted by atomic mass is 10.1. The number of pyridine rings is 1. The predicted molar refractivity (Wildman–Crippen MR) is 100.0 cm³/mol. The molecule has 1 atom stereocenters. The van der Waals surface area contributed by atoms with Crippen molar-refractivity contribution in [3.8, 4) is 0 Å². The quantitative estimate of drug-likeness (QED) is 0.908. The summed E-state index contributed by atoms with van der Waals surface area (Å²) in [6.45, 7) is 0.654. The van der Waals surface area contributed by atoms with E-state index in [9.17, 15) is 9.59 Å². The van der Waals surface area contributed by atoms with E-state index in [0.29, 0.717) is 6.54 Å². The van der Waals surface area contributed by atoms with Gasteiger partial charge in [-0.25, -0.2) is 4.79 Å². The van der Waals surface area contributed by atoms with E-state index in [2.05, 4.69) is 11.1 Å². The summed E-state index contributed by atoms with van der Waals surface area (Å²) >= 11 is 0. The van der Waals surface area contributed by atoms with E-state index in [1.165, 1.54) is 18.3 Å². The summed E-state index contributed by atoms with van der Waals surface area (Å²) in [5.74, 6) is -1.27. The van der Waals surface area contributed by atoms with Crippen molar-refractivity contribution in [2.75, 3.05) is 6.54 Å². The van der Waals surface area contributed by atoms with Crippen LogP contribution in [0.1, 0.15) is 52.1 Å². The molecule has 0 bridgehead atoms. The zero-order chi connectivity index (χ0) is 18.4. The fourth-order valence-corrected chi connectivity index (χ4v) is 3.20. The first kappa shape index (κ1) is 17.9. The summed E-state index contributed by atoms with van der Waals surface area (Å²) in [6, 6.07) is 12.7. The number of hydrogen-bond donors (Lipinski definition) is 1. The normalized spacial score (nSPS) is 17.8. The number of carbonyl (C=O) groups is 2. The number of aromatic nitrogens is 1. The number of amides is 1. The summed E-state index contributed by atoms with van der Waals surface area (Å²) in [7, 11) is 0. The molecule has 2 heterocycles. The lowest BCUT2D eigenvalue weighted by Crippen LogP contribution is -2.39. The molecule has 0 radical (unpaired) electrons.